The molecule has 0 aliphatic rings. The summed E-state index contributed by atoms with van der Waals surface area (Å²) < 4.78 is 4.05. The molecule has 0 bridgehead atoms. The fraction of sp³-hybridized carbons (Fsp3) is 0.571. The Morgan fingerprint density at radius 3 is 2.89 bits per heavy atom. The molecule has 2 rings (SSSR count). The quantitative estimate of drug-likeness (QED) is 0.833. The fourth-order valence-corrected chi connectivity index (χ4v) is 2.04. The third kappa shape index (κ3) is 3.36. The molecule has 104 valence electrons. The van der Waals surface area contributed by atoms with Crippen LogP contribution in [0.4, 0.5) is 5.82 Å². The lowest BCUT2D eigenvalue weighted by Crippen LogP contribution is -2.13. The molecule has 2 aromatic rings. The number of hydrogen-bond donors (Lipinski definition) is 1. The summed E-state index contributed by atoms with van der Waals surface area (Å²) in [6.45, 7) is 8.24. The molecule has 0 aliphatic heterocycles. The Hall–Kier alpha value is -1.78. The molecule has 0 saturated carbocycles. The minimum absolute atomic E-state index is 0.435. The minimum atomic E-state index is 0.435. The van der Waals surface area contributed by atoms with Crippen LogP contribution >= 0.6 is 0 Å². The predicted molar refractivity (Wildman–Crippen MR) is 77.1 cm³/mol. The second-order valence-corrected chi connectivity index (χ2v) is 4.84. The molecule has 0 fully saturated rings. The van der Waals surface area contributed by atoms with Gasteiger partial charge in [-0.15, -0.1) is 0 Å². The molecule has 2 heterocycles. The summed E-state index contributed by atoms with van der Waals surface area (Å²) in [6, 6.07) is 4.51. The van der Waals surface area contributed by atoms with E-state index in [4.69, 9.17) is 0 Å². The summed E-state index contributed by atoms with van der Waals surface area (Å²) in [4.78, 5) is 0. The maximum atomic E-state index is 4.47. The summed E-state index contributed by atoms with van der Waals surface area (Å²) in [5, 5.41) is 12.2. The highest BCUT2D eigenvalue weighted by molar-refractivity contribution is 5.32. The molecule has 1 N–H and O–H groups in total. The number of nitrogens with zero attached hydrogens (tertiary/aromatic N) is 4. The van der Waals surface area contributed by atoms with Gasteiger partial charge in [0, 0.05) is 31.0 Å². The van der Waals surface area contributed by atoms with Crippen LogP contribution in [0.25, 0.3) is 0 Å². The number of anilines is 1. The van der Waals surface area contributed by atoms with Crippen molar-refractivity contribution in [3.05, 3.63) is 30.2 Å². The van der Waals surface area contributed by atoms with Gasteiger partial charge in [0.15, 0.2) is 0 Å². The maximum Gasteiger partial charge on any atom is 0.148 e. The van der Waals surface area contributed by atoms with E-state index in [9.17, 15) is 0 Å². The second-order valence-electron chi connectivity index (χ2n) is 4.84. The van der Waals surface area contributed by atoms with Crippen LogP contribution in [-0.4, -0.2) is 19.6 Å². The first-order valence-corrected chi connectivity index (χ1v) is 7.04. The summed E-state index contributed by atoms with van der Waals surface area (Å²) in [6.07, 6.45) is 6.05. The Balaban J connectivity index is 1.96. The number of aromatic nitrogens is 4. The van der Waals surface area contributed by atoms with Crippen molar-refractivity contribution in [3.63, 3.8) is 0 Å². The fourth-order valence-electron chi connectivity index (χ4n) is 2.04. The van der Waals surface area contributed by atoms with Gasteiger partial charge in [0.2, 0.25) is 0 Å². The number of nitrogens with one attached hydrogen (secondary N) is 1. The van der Waals surface area contributed by atoms with Gasteiger partial charge in [-0.05, 0) is 25.8 Å². The van der Waals surface area contributed by atoms with E-state index in [1.165, 1.54) is 5.69 Å². The van der Waals surface area contributed by atoms with Crippen molar-refractivity contribution in [1.82, 2.24) is 19.6 Å². The van der Waals surface area contributed by atoms with Gasteiger partial charge in [-0.2, -0.15) is 10.2 Å². The molecule has 0 spiro atoms. The molecule has 19 heavy (non-hydrogen) atoms. The Morgan fingerprint density at radius 1 is 1.32 bits per heavy atom. The van der Waals surface area contributed by atoms with Gasteiger partial charge in [0.1, 0.15) is 5.82 Å². The molecule has 1 atom stereocenters. The van der Waals surface area contributed by atoms with Gasteiger partial charge >= 0.3 is 0 Å². The standard InChI is InChI=1S/C14H23N5/c1-4-9-18-10-7-14(17-18)15-11-13-6-8-16-19(13)12(3)5-2/h6-8,10,12H,4-5,9,11H2,1-3H3,(H,15,17)/t12-/m1/s1. The van der Waals surface area contributed by atoms with E-state index in [0.29, 0.717) is 6.04 Å². The SMILES string of the molecule is CCCn1ccc(NCc2ccnn2[C@H](C)CC)n1. The summed E-state index contributed by atoms with van der Waals surface area (Å²) in [5.74, 6) is 0.922. The van der Waals surface area contributed by atoms with Crippen molar-refractivity contribution in [2.24, 2.45) is 0 Å². The highest BCUT2D eigenvalue weighted by Gasteiger charge is 2.08. The number of hydrogen-bond acceptors (Lipinski definition) is 3. The van der Waals surface area contributed by atoms with Crippen molar-refractivity contribution < 1.29 is 0 Å². The van der Waals surface area contributed by atoms with E-state index in [-0.39, 0.29) is 0 Å². The lowest BCUT2D eigenvalue weighted by Gasteiger charge is -2.13. The topological polar surface area (TPSA) is 47.7 Å². The van der Waals surface area contributed by atoms with Crippen LogP contribution < -0.4 is 5.32 Å². The van der Waals surface area contributed by atoms with E-state index < -0.39 is 0 Å². The summed E-state index contributed by atoms with van der Waals surface area (Å²) in [5.41, 5.74) is 1.19. The minimum Gasteiger partial charge on any atom is -0.363 e. The van der Waals surface area contributed by atoms with Gasteiger partial charge in [-0.3, -0.25) is 9.36 Å². The highest BCUT2D eigenvalue weighted by Crippen LogP contribution is 2.13. The summed E-state index contributed by atoms with van der Waals surface area (Å²) >= 11 is 0. The second kappa shape index (κ2) is 6.41. The molecular formula is C14H23N5. The van der Waals surface area contributed by atoms with E-state index in [1.54, 1.807) is 0 Å². The average Bonchev–Trinajstić information content (AvgIpc) is 3.04. The zero-order chi connectivity index (χ0) is 13.7. The van der Waals surface area contributed by atoms with Crippen LogP contribution in [0.1, 0.15) is 45.3 Å². The van der Waals surface area contributed by atoms with Crippen molar-refractivity contribution in [2.45, 2.75) is 52.7 Å². The molecule has 5 nitrogen and oxygen atoms in total. The lowest BCUT2D eigenvalue weighted by molar-refractivity contribution is 0.462. The van der Waals surface area contributed by atoms with Gasteiger partial charge in [0.05, 0.1) is 12.2 Å². The highest BCUT2D eigenvalue weighted by atomic mass is 15.3. The van der Waals surface area contributed by atoms with Gasteiger partial charge < -0.3 is 5.32 Å². The van der Waals surface area contributed by atoms with Crippen molar-refractivity contribution in [3.8, 4) is 0 Å². The molecular weight excluding hydrogens is 238 g/mol. The normalized spacial score (nSPS) is 12.6. The monoisotopic (exact) mass is 261 g/mol. The van der Waals surface area contributed by atoms with Crippen molar-refractivity contribution in [2.75, 3.05) is 5.32 Å². The Bertz CT molecular complexity index is 499. The zero-order valence-electron chi connectivity index (χ0n) is 12.0. The first-order valence-electron chi connectivity index (χ1n) is 7.04. The Kier molecular flexibility index (Phi) is 4.60. The van der Waals surface area contributed by atoms with Gasteiger partial charge in [-0.1, -0.05) is 13.8 Å². The van der Waals surface area contributed by atoms with Crippen molar-refractivity contribution in [1.29, 1.82) is 0 Å². The molecule has 0 saturated heterocycles. The molecule has 0 radical (unpaired) electrons. The predicted octanol–water partition coefficient (Wildman–Crippen LogP) is 3.07. The van der Waals surface area contributed by atoms with Gasteiger partial charge in [0.25, 0.3) is 0 Å². The van der Waals surface area contributed by atoms with Crippen LogP contribution in [-0.2, 0) is 13.1 Å². The molecule has 0 aliphatic carbocycles. The lowest BCUT2D eigenvalue weighted by atomic mass is 10.2. The van der Waals surface area contributed by atoms with E-state index in [1.807, 2.05) is 23.1 Å². The largest absolute Gasteiger partial charge is 0.363 e. The van der Waals surface area contributed by atoms with E-state index in [2.05, 4.69) is 47.0 Å². The van der Waals surface area contributed by atoms with E-state index in [0.717, 1.165) is 31.7 Å². The molecule has 0 amide bonds. The molecule has 2 aromatic heterocycles. The van der Waals surface area contributed by atoms with Crippen LogP contribution in [0, 0.1) is 0 Å². The summed E-state index contributed by atoms with van der Waals surface area (Å²) in [7, 11) is 0. The third-order valence-corrected chi connectivity index (χ3v) is 3.30. The molecule has 0 unspecified atom stereocenters. The van der Waals surface area contributed by atoms with E-state index >= 15 is 0 Å². The van der Waals surface area contributed by atoms with Crippen LogP contribution in [0.5, 0.6) is 0 Å². The average molecular weight is 261 g/mol. The maximum absolute atomic E-state index is 4.47. The van der Waals surface area contributed by atoms with Crippen LogP contribution in [0.3, 0.4) is 0 Å². The third-order valence-electron chi connectivity index (χ3n) is 3.30. The van der Waals surface area contributed by atoms with Crippen LogP contribution in [0.15, 0.2) is 24.5 Å². The molecule has 0 aromatic carbocycles. The van der Waals surface area contributed by atoms with Gasteiger partial charge in [-0.25, -0.2) is 0 Å². The Labute approximate surface area is 114 Å². The molecule has 5 heteroatoms. The Morgan fingerprint density at radius 2 is 2.16 bits per heavy atom. The number of rotatable bonds is 7. The van der Waals surface area contributed by atoms with Crippen LogP contribution in [0.2, 0.25) is 0 Å². The number of aryl methyl sites for hydroxylation is 1. The first kappa shape index (κ1) is 13.6. The van der Waals surface area contributed by atoms with Crippen molar-refractivity contribution >= 4 is 5.82 Å². The first-order chi connectivity index (χ1) is 9.24. The smallest absolute Gasteiger partial charge is 0.148 e. The zero-order valence-corrected chi connectivity index (χ0v) is 12.0.